The van der Waals surface area contributed by atoms with Gasteiger partial charge in [-0.1, -0.05) is 12.1 Å². The predicted octanol–water partition coefficient (Wildman–Crippen LogP) is 6.10. The highest BCUT2D eigenvalue weighted by Crippen LogP contribution is 2.50. The molecule has 0 saturated heterocycles. The summed E-state index contributed by atoms with van der Waals surface area (Å²) in [6, 6.07) is 5.71. The fraction of sp³-hybridized carbons (Fsp3) is 0.346. The highest BCUT2D eigenvalue weighted by atomic mass is 19.1. The quantitative estimate of drug-likeness (QED) is 0.434. The van der Waals surface area contributed by atoms with Crippen LogP contribution in [-0.4, -0.2) is 34.2 Å². The molecule has 0 spiro atoms. The summed E-state index contributed by atoms with van der Waals surface area (Å²) < 4.78 is 60.3. The van der Waals surface area contributed by atoms with Crippen molar-refractivity contribution >= 4 is 17.6 Å². The summed E-state index contributed by atoms with van der Waals surface area (Å²) in [5.41, 5.74) is 0.821. The first-order valence-electron chi connectivity index (χ1n) is 10.8. The van der Waals surface area contributed by atoms with E-state index in [1.165, 1.54) is 19.9 Å². The Hall–Kier alpha value is -2.93. The van der Waals surface area contributed by atoms with Crippen molar-refractivity contribution in [3.8, 4) is 0 Å². The lowest BCUT2D eigenvalue weighted by Crippen LogP contribution is -2.47. The van der Waals surface area contributed by atoms with Gasteiger partial charge >= 0.3 is 5.97 Å². The predicted molar refractivity (Wildman–Crippen MR) is 119 cm³/mol. The maximum absolute atomic E-state index is 15.4. The van der Waals surface area contributed by atoms with Crippen LogP contribution in [0.15, 0.2) is 42.0 Å². The fourth-order valence-corrected chi connectivity index (χ4v) is 5.04. The van der Waals surface area contributed by atoms with Crippen LogP contribution >= 0.6 is 0 Å². The van der Waals surface area contributed by atoms with E-state index in [1.54, 1.807) is 17.0 Å². The monoisotopic (exact) mass is 459 g/mol. The number of hydrogen-bond donors (Lipinski definition) is 1. The molecule has 2 aliphatic rings. The first kappa shape index (κ1) is 23.2. The molecule has 0 amide bonds. The molecule has 0 bridgehead atoms. The van der Waals surface area contributed by atoms with Crippen molar-refractivity contribution in [2.75, 3.05) is 6.54 Å². The zero-order valence-corrected chi connectivity index (χ0v) is 18.6. The molecule has 1 heterocycles. The Labute approximate surface area is 190 Å². The van der Waals surface area contributed by atoms with E-state index in [9.17, 15) is 13.6 Å². The fourth-order valence-electron chi connectivity index (χ4n) is 5.04. The van der Waals surface area contributed by atoms with Gasteiger partial charge in [0.25, 0.3) is 0 Å². The number of carbonyl (C=O) groups is 1. The van der Waals surface area contributed by atoms with E-state index >= 15 is 8.78 Å². The zero-order valence-electron chi connectivity index (χ0n) is 18.6. The standard InChI is InChI=1S/C26H25F4NO2/c1-14-9-17-18(12-16-5-4-6-19(27)23(16)17)25(31(14)13-26(2,3)30)24-20(28)10-15(11-21(24)29)7-8-22(32)33/h4-8,10-11,14,25H,9,12-13H2,1-3H3,(H,32,33)/b8-7+/t14-,25+/m0/s1. The second kappa shape index (κ2) is 8.45. The zero-order chi connectivity index (χ0) is 24.1. The average molecular weight is 459 g/mol. The number of rotatable bonds is 5. The minimum absolute atomic E-state index is 0.0615. The number of carboxylic acid groups (broad SMARTS) is 1. The molecule has 1 aliphatic carbocycles. The van der Waals surface area contributed by atoms with Crippen LogP contribution in [0, 0.1) is 17.5 Å². The Kier molecular flexibility index (Phi) is 5.95. The summed E-state index contributed by atoms with van der Waals surface area (Å²) in [5.74, 6) is -3.33. The lowest BCUT2D eigenvalue weighted by Gasteiger charge is -2.44. The number of nitrogens with zero attached hydrogens (tertiary/aromatic N) is 1. The van der Waals surface area contributed by atoms with Gasteiger partial charge in [-0.3, -0.25) is 4.90 Å². The molecule has 2 atom stereocenters. The Bertz CT molecular complexity index is 1160. The largest absolute Gasteiger partial charge is 0.478 e. The van der Waals surface area contributed by atoms with Crippen molar-refractivity contribution in [3.63, 3.8) is 0 Å². The van der Waals surface area contributed by atoms with Crippen molar-refractivity contribution in [2.45, 2.75) is 51.4 Å². The minimum atomic E-state index is -1.63. The number of benzene rings is 2. The summed E-state index contributed by atoms with van der Waals surface area (Å²) in [7, 11) is 0. The van der Waals surface area contributed by atoms with Gasteiger partial charge in [-0.15, -0.1) is 0 Å². The van der Waals surface area contributed by atoms with Gasteiger partial charge in [-0.2, -0.15) is 0 Å². The van der Waals surface area contributed by atoms with Crippen LogP contribution in [-0.2, 0) is 11.2 Å². The lowest BCUT2D eigenvalue weighted by atomic mass is 9.83. The van der Waals surface area contributed by atoms with Gasteiger partial charge < -0.3 is 5.11 Å². The molecule has 7 heteroatoms. The molecule has 33 heavy (non-hydrogen) atoms. The Morgan fingerprint density at radius 3 is 2.45 bits per heavy atom. The van der Waals surface area contributed by atoms with Crippen LogP contribution in [0.5, 0.6) is 0 Å². The van der Waals surface area contributed by atoms with Crippen LogP contribution in [0.25, 0.3) is 11.6 Å². The number of hydrogen-bond acceptors (Lipinski definition) is 2. The number of alkyl halides is 1. The Balaban J connectivity index is 1.89. The highest BCUT2D eigenvalue weighted by molar-refractivity contribution is 5.85. The third-order valence-electron chi connectivity index (χ3n) is 6.25. The van der Waals surface area contributed by atoms with Crippen molar-refractivity contribution in [3.05, 3.63) is 81.7 Å². The SMILES string of the molecule is C[C@H]1CC2=C(Cc3cccc(F)c32)[C@H](c2c(F)cc(/C=C/C(=O)O)cc2F)N1CC(C)(C)F. The number of fused-ring (bicyclic) bond motifs is 2. The van der Waals surface area contributed by atoms with Crippen molar-refractivity contribution < 1.29 is 27.5 Å². The first-order valence-corrected chi connectivity index (χ1v) is 10.8. The van der Waals surface area contributed by atoms with E-state index in [2.05, 4.69) is 0 Å². The highest BCUT2D eigenvalue weighted by Gasteiger charge is 2.43. The molecular formula is C26H25F4NO2. The lowest BCUT2D eigenvalue weighted by molar-refractivity contribution is -0.131. The molecule has 3 nitrogen and oxygen atoms in total. The normalized spacial score (nSPS) is 20.9. The van der Waals surface area contributed by atoms with Crippen LogP contribution in [0.4, 0.5) is 17.6 Å². The van der Waals surface area contributed by atoms with Gasteiger partial charge in [-0.05, 0) is 80.2 Å². The second-order valence-electron chi connectivity index (χ2n) is 9.37. The molecule has 2 aromatic carbocycles. The molecule has 0 unspecified atom stereocenters. The van der Waals surface area contributed by atoms with E-state index in [-0.39, 0.29) is 29.5 Å². The smallest absolute Gasteiger partial charge is 0.328 e. The van der Waals surface area contributed by atoms with Crippen LogP contribution < -0.4 is 0 Å². The summed E-state index contributed by atoms with van der Waals surface area (Å²) in [5, 5.41) is 8.80. The van der Waals surface area contributed by atoms with Crippen LogP contribution in [0.3, 0.4) is 0 Å². The molecule has 1 aliphatic heterocycles. The molecule has 2 aromatic rings. The molecule has 4 rings (SSSR count). The summed E-state index contributed by atoms with van der Waals surface area (Å²) in [6.45, 7) is 4.61. The number of carboxylic acids is 1. The van der Waals surface area contributed by atoms with E-state index in [0.717, 1.165) is 35.4 Å². The van der Waals surface area contributed by atoms with E-state index < -0.39 is 29.3 Å². The second-order valence-corrected chi connectivity index (χ2v) is 9.37. The van der Waals surface area contributed by atoms with Gasteiger partial charge in [0.1, 0.15) is 23.1 Å². The van der Waals surface area contributed by atoms with Gasteiger partial charge in [0.15, 0.2) is 0 Å². The summed E-state index contributed by atoms with van der Waals surface area (Å²) in [4.78, 5) is 12.5. The van der Waals surface area contributed by atoms with Crippen molar-refractivity contribution in [1.82, 2.24) is 4.90 Å². The summed E-state index contributed by atoms with van der Waals surface area (Å²) >= 11 is 0. The molecule has 0 fully saturated rings. The number of aliphatic carboxylic acids is 1. The molecule has 174 valence electrons. The van der Waals surface area contributed by atoms with Crippen LogP contribution in [0.1, 0.15) is 55.5 Å². The van der Waals surface area contributed by atoms with Gasteiger partial charge in [0, 0.05) is 29.8 Å². The van der Waals surface area contributed by atoms with Crippen molar-refractivity contribution in [1.29, 1.82) is 0 Å². The number of halogens is 4. The van der Waals surface area contributed by atoms with E-state index in [4.69, 9.17) is 5.11 Å². The average Bonchev–Trinajstić information content (AvgIpc) is 3.06. The Morgan fingerprint density at radius 1 is 1.18 bits per heavy atom. The Morgan fingerprint density at radius 2 is 1.85 bits per heavy atom. The molecular weight excluding hydrogens is 434 g/mol. The third kappa shape index (κ3) is 4.47. The summed E-state index contributed by atoms with van der Waals surface area (Å²) in [6.07, 6.45) is 2.67. The topological polar surface area (TPSA) is 40.5 Å². The van der Waals surface area contributed by atoms with E-state index in [1.807, 2.05) is 6.92 Å². The van der Waals surface area contributed by atoms with Gasteiger partial charge in [0.2, 0.25) is 0 Å². The van der Waals surface area contributed by atoms with E-state index in [0.29, 0.717) is 24.0 Å². The third-order valence-corrected chi connectivity index (χ3v) is 6.25. The molecule has 0 saturated carbocycles. The first-order chi connectivity index (χ1) is 15.5. The maximum Gasteiger partial charge on any atom is 0.328 e. The maximum atomic E-state index is 15.4. The van der Waals surface area contributed by atoms with Gasteiger partial charge in [0.05, 0.1) is 6.04 Å². The molecule has 1 N–H and O–H groups in total. The molecule has 0 radical (unpaired) electrons. The molecule has 0 aromatic heterocycles. The van der Waals surface area contributed by atoms with Crippen molar-refractivity contribution in [2.24, 2.45) is 0 Å². The van der Waals surface area contributed by atoms with Crippen LogP contribution in [0.2, 0.25) is 0 Å². The minimum Gasteiger partial charge on any atom is -0.478 e. The van der Waals surface area contributed by atoms with Gasteiger partial charge in [-0.25, -0.2) is 22.4 Å².